The molecular weight excluding hydrogens is 305 g/mol. The van der Waals surface area contributed by atoms with Crippen molar-refractivity contribution < 1.29 is 19.4 Å². The maximum atomic E-state index is 11.8. The van der Waals surface area contributed by atoms with Gasteiger partial charge in [0.05, 0.1) is 6.61 Å². The summed E-state index contributed by atoms with van der Waals surface area (Å²) in [6, 6.07) is 3.23. The highest BCUT2D eigenvalue weighted by atomic mass is 35.5. The zero-order valence-electron chi connectivity index (χ0n) is 11.0. The number of amides is 1. The smallest absolute Gasteiger partial charge is 0.331 e. The molecule has 0 bridgehead atoms. The lowest BCUT2D eigenvalue weighted by molar-refractivity contribution is -0.150. The first-order valence-electron chi connectivity index (χ1n) is 5.93. The van der Waals surface area contributed by atoms with Crippen LogP contribution < -0.4 is 5.32 Å². The van der Waals surface area contributed by atoms with Crippen molar-refractivity contribution in [1.82, 2.24) is 5.32 Å². The summed E-state index contributed by atoms with van der Waals surface area (Å²) in [5, 5.41) is 13.2. The molecule has 0 aliphatic rings. The molecule has 2 N–H and O–H groups in total. The van der Waals surface area contributed by atoms with Gasteiger partial charge >= 0.3 is 5.97 Å². The Morgan fingerprint density at radius 3 is 2.55 bits per heavy atom. The first-order valence-corrected chi connectivity index (χ1v) is 6.69. The molecule has 0 spiro atoms. The van der Waals surface area contributed by atoms with Gasteiger partial charge in [0, 0.05) is 22.5 Å². The Kier molecular flexibility index (Phi) is 6.26. The fraction of sp³-hybridized carbons (Fsp3) is 0.385. The predicted octanol–water partition coefficient (Wildman–Crippen LogP) is 2.09. The molecule has 20 heavy (non-hydrogen) atoms. The summed E-state index contributed by atoms with van der Waals surface area (Å²) >= 11 is 11.7. The van der Waals surface area contributed by atoms with Gasteiger partial charge in [-0.2, -0.15) is 0 Å². The van der Waals surface area contributed by atoms with Crippen LogP contribution in [0.15, 0.2) is 18.2 Å². The number of esters is 1. The zero-order valence-corrected chi connectivity index (χ0v) is 12.5. The second-order valence-electron chi connectivity index (χ2n) is 4.04. The molecule has 1 aromatic carbocycles. The van der Waals surface area contributed by atoms with Gasteiger partial charge < -0.3 is 15.2 Å². The molecule has 1 amide bonds. The van der Waals surface area contributed by atoms with Crippen molar-refractivity contribution in [3.63, 3.8) is 0 Å². The lowest BCUT2D eigenvalue weighted by Crippen LogP contribution is -2.45. The van der Waals surface area contributed by atoms with Crippen LogP contribution in [0.3, 0.4) is 0 Å². The molecule has 0 heterocycles. The first-order chi connectivity index (χ1) is 9.36. The van der Waals surface area contributed by atoms with E-state index >= 15 is 0 Å². The quantitative estimate of drug-likeness (QED) is 0.815. The van der Waals surface area contributed by atoms with Crippen LogP contribution >= 0.6 is 23.2 Å². The van der Waals surface area contributed by atoms with Crippen LogP contribution in [0.4, 0.5) is 0 Å². The van der Waals surface area contributed by atoms with Crippen molar-refractivity contribution in [2.45, 2.75) is 26.0 Å². The third-order valence-electron chi connectivity index (χ3n) is 2.50. The number of nitrogens with one attached hydrogen (secondary N) is 1. The molecule has 5 nitrogen and oxygen atoms in total. The molecule has 2 atom stereocenters. The van der Waals surface area contributed by atoms with Gasteiger partial charge in [0.2, 0.25) is 5.91 Å². The van der Waals surface area contributed by atoms with Gasteiger partial charge in [-0.1, -0.05) is 29.3 Å². The fourth-order valence-corrected chi connectivity index (χ4v) is 2.16. The average Bonchev–Trinajstić information content (AvgIpc) is 2.35. The van der Waals surface area contributed by atoms with Crippen molar-refractivity contribution in [2.24, 2.45) is 0 Å². The minimum absolute atomic E-state index is 0.135. The molecule has 7 heteroatoms. The van der Waals surface area contributed by atoms with E-state index < -0.39 is 24.0 Å². The number of carbonyl (C=O) groups is 2. The lowest BCUT2D eigenvalue weighted by Gasteiger charge is -2.23. The van der Waals surface area contributed by atoms with Gasteiger partial charge in [0.25, 0.3) is 0 Å². The maximum absolute atomic E-state index is 11.8. The monoisotopic (exact) mass is 319 g/mol. The average molecular weight is 320 g/mol. The van der Waals surface area contributed by atoms with E-state index in [0.29, 0.717) is 5.02 Å². The Labute approximate surface area is 126 Å². The van der Waals surface area contributed by atoms with E-state index in [9.17, 15) is 14.7 Å². The molecule has 1 aromatic rings. The van der Waals surface area contributed by atoms with Crippen LogP contribution in [0.2, 0.25) is 10.0 Å². The first kappa shape index (κ1) is 16.8. The third kappa shape index (κ3) is 4.37. The number of aliphatic hydroxyl groups excluding tert-OH is 1. The fourth-order valence-electron chi connectivity index (χ4n) is 1.64. The maximum Gasteiger partial charge on any atom is 0.331 e. The summed E-state index contributed by atoms with van der Waals surface area (Å²) in [6.45, 7) is 3.00. The molecule has 0 aliphatic heterocycles. The van der Waals surface area contributed by atoms with E-state index in [1.165, 1.54) is 25.1 Å². The number of aliphatic hydroxyl groups is 1. The van der Waals surface area contributed by atoms with Crippen molar-refractivity contribution >= 4 is 35.1 Å². The standard InChI is InChI=1S/C13H15Cl2NO4/c1-3-20-13(19)11(16-7(2)17)12(18)9-5-4-8(14)6-10(9)15/h4-6,11-12,18H,3H2,1-2H3,(H,16,17)/t11-,12+/m1/s1. The molecule has 0 saturated carbocycles. The Balaban J connectivity index is 3.05. The van der Waals surface area contributed by atoms with Crippen LogP contribution in [0, 0.1) is 0 Å². The number of ether oxygens (including phenoxy) is 1. The van der Waals surface area contributed by atoms with Gasteiger partial charge in [-0.15, -0.1) is 0 Å². The van der Waals surface area contributed by atoms with Gasteiger partial charge in [-0.3, -0.25) is 4.79 Å². The van der Waals surface area contributed by atoms with E-state index in [1.807, 2.05) is 0 Å². The highest BCUT2D eigenvalue weighted by Crippen LogP contribution is 2.28. The zero-order chi connectivity index (χ0) is 15.3. The number of halogens is 2. The number of hydrogen-bond donors (Lipinski definition) is 2. The van der Waals surface area contributed by atoms with E-state index in [4.69, 9.17) is 27.9 Å². The van der Waals surface area contributed by atoms with Crippen molar-refractivity contribution in [3.8, 4) is 0 Å². The Hall–Kier alpha value is -1.30. The molecule has 0 aromatic heterocycles. The molecule has 110 valence electrons. The lowest BCUT2D eigenvalue weighted by atomic mass is 10.0. The van der Waals surface area contributed by atoms with Crippen LogP contribution in [0.25, 0.3) is 0 Å². The Bertz CT molecular complexity index is 507. The van der Waals surface area contributed by atoms with Gasteiger partial charge in [0.1, 0.15) is 6.10 Å². The highest BCUT2D eigenvalue weighted by Gasteiger charge is 2.31. The summed E-state index contributed by atoms with van der Waals surface area (Å²) in [5.41, 5.74) is 0.280. The molecular formula is C13H15Cl2NO4. The number of benzene rings is 1. The van der Waals surface area contributed by atoms with E-state index in [2.05, 4.69) is 5.32 Å². The molecule has 0 fully saturated rings. The third-order valence-corrected chi connectivity index (χ3v) is 3.06. The van der Waals surface area contributed by atoms with E-state index in [0.717, 1.165) is 0 Å². The Morgan fingerprint density at radius 1 is 1.40 bits per heavy atom. The second kappa shape index (κ2) is 7.47. The summed E-state index contributed by atoms with van der Waals surface area (Å²) < 4.78 is 4.83. The number of hydrogen-bond acceptors (Lipinski definition) is 4. The largest absolute Gasteiger partial charge is 0.464 e. The molecule has 0 aliphatic carbocycles. The van der Waals surface area contributed by atoms with Gasteiger partial charge in [-0.05, 0) is 19.1 Å². The van der Waals surface area contributed by atoms with Crippen LogP contribution in [-0.4, -0.2) is 29.6 Å². The highest BCUT2D eigenvalue weighted by molar-refractivity contribution is 6.35. The van der Waals surface area contributed by atoms with Crippen LogP contribution in [0.5, 0.6) is 0 Å². The van der Waals surface area contributed by atoms with Crippen molar-refractivity contribution in [2.75, 3.05) is 6.61 Å². The number of carbonyl (C=O) groups excluding carboxylic acids is 2. The SMILES string of the molecule is CCOC(=O)[C@H](NC(C)=O)[C@@H](O)c1ccc(Cl)cc1Cl. The minimum Gasteiger partial charge on any atom is -0.464 e. The molecule has 0 radical (unpaired) electrons. The summed E-state index contributed by atoms with van der Waals surface area (Å²) in [4.78, 5) is 23.0. The second-order valence-corrected chi connectivity index (χ2v) is 4.88. The van der Waals surface area contributed by atoms with Crippen LogP contribution in [0.1, 0.15) is 25.5 Å². The van der Waals surface area contributed by atoms with Crippen molar-refractivity contribution in [3.05, 3.63) is 33.8 Å². The molecule has 0 saturated heterocycles. The van der Waals surface area contributed by atoms with E-state index in [1.54, 1.807) is 6.92 Å². The normalized spacial score (nSPS) is 13.4. The predicted molar refractivity (Wildman–Crippen MR) is 75.7 cm³/mol. The summed E-state index contributed by atoms with van der Waals surface area (Å²) in [6.07, 6.45) is -1.33. The topological polar surface area (TPSA) is 75.6 Å². The van der Waals surface area contributed by atoms with Gasteiger partial charge in [-0.25, -0.2) is 4.79 Å². The molecule has 1 rings (SSSR count). The minimum atomic E-state index is -1.33. The van der Waals surface area contributed by atoms with Crippen molar-refractivity contribution in [1.29, 1.82) is 0 Å². The van der Waals surface area contributed by atoms with Gasteiger partial charge in [0.15, 0.2) is 6.04 Å². The van der Waals surface area contributed by atoms with E-state index in [-0.39, 0.29) is 17.2 Å². The van der Waals surface area contributed by atoms with Crippen LogP contribution in [-0.2, 0) is 14.3 Å². The number of rotatable bonds is 5. The summed E-state index contributed by atoms with van der Waals surface area (Å²) in [5.74, 6) is -1.20. The Morgan fingerprint density at radius 2 is 2.05 bits per heavy atom. The summed E-state index contributed by atoms with van der Waals surface area (Å²) in [7, 11) is 0. The molecule has 0 unspecified atom stereocenters.